The Hall–Kier alpha value is -2.14. The first-order chi connectivity index (χ1) is 9.60. The average molecular weight is 291 g/mol. The number of hydrogen-bond donors (Lipinski definition) is 2. The lowest BCUT2D eigenvalue weighted by Gasteiger charge is -2.13. The Kier molecular flexibility index (Phi) is 4.20. The molecule has 0 aliphatic rings. The van der Waals surface area contributed by atoms with E-state index in [2.05, 4.69) is 4.98 Å². The van der Waals surface area contributed by atoms with E-state index in [1.807, 2.05) is 6.92 Å². The van der Waals surface area contributed by atoms with Crippen LogP contribution in [0.3, 0.4) is 0 Å². The van der Waals surface area contributed by atoms with Crippen molar-refractivity contribution in [1.82, 2.24) is 9.55 Å². The molecule has 2 rings (SSSR count). The number of hydrogen-bond acceptors (Lipinski definition) is 4. The lowest BCUT2D eigenvalue weighted by Crippen LogP contribution is -2.28. The van der Waals surface area contributed by atoms with E-state index in [1.54, 1.807) is 18.2 Å². The van der Waals surface area contributed by atoms with E-state index < -0.39 is 0 Å². The monoisotopic (exact) mass is 290 g/mol. The van der Waals surface area contributed by atoms with Gasteiger partial charge in [0, 0.05) is 12.6 Å². The maximum atomic E-state index is 12.6. The van der Waals surface area contributed by atoms with Crippen molar-refractivity contribution in [3.05, 3.63) is 45.5 Å². The van der Waals surface area contributed by atoms with Gasteiger partial charge in [-0.3, -0.25) is 4.79 Å². The molecule has 0 saturated carbocycles. The fourth-order valence-electron chi connectivity index (χ4n) is 2.05. The summed E-state index contributed by atoms with van der Waals surface area (Å²) in [5.74, 6) is 0.741. The molecule has 0 unspecified atom stereocenters. The lowest BCUT2D eigenvalue weighted by atomic mass is 10.2. The van der Waals surface area contributed by atoms with Gasteiger partial charge in [-0.1, -0.05) is 24.6 Å². The number of allylic oxidation sites excluding steroid dienone is 1. The van der Waals surface area contributed by atoms with Crippen LogP contribution in [0.25, 0.3) is 16.7 Å². The van der Waals surface area contributed by atoms with Gasteiger partial charge in [-0.25, -0.2) is 9.55 Å². The van der Waals surface area contributed by atoms with Gasteiger partial charge >= 0.3 is 0 Å². The van der Waals surface area contributed by atoms with Crippen LogP contribution in [0.4, 0.5) is 0 Å². The molecular formula is C14H15ClN4O. The fraction of sp³-hybridized carbons (Fsp3) is 0.214. The van der Waals surface area contributed by atoms with Crippen molar-refractivity contribution in [3.63, 3.8) is 0 Å². The van der Waals surface area contributed by atoms with E-state index in [1.165, 1.54) is 10.6 Å². The zero-order valence-electron chi connectivity index (χ0n) is 11.1. The molecule has 6 heteroatoms. The maximum absolute atomic E-state index is 12.6. The quantitative estimate of drug-likeness (QED) is 0.848. The zero-order valence-corrected chi connectivity index (χ0v) is 11.8. The number of nitrogens with zero attached hydrogens (tertiary/aromatic N) is 2. The summed E-state index contributed by atoms with van der Waals surface area (Å²) in [5, 5.41) is 7.78. The van der Waals surface area contributed by atoms with Gasteiger partial charge in [-0.2, -0.15) is 0 Å². The SMILES string of the molecule is CCCc1nc2cccc(Cl)c2c(=O)n1C(N)=CC=N. The fourth-order valence-corrected chi connectivity index (χ4v) is 2.30. The highest BCUT2D eigenvalue weighted by molar-refractivity contribution is 6.35. The number of nitrogens with one attached hydrogen (secondary N) is 1. The van der Waals surface area contributed by atoms with Crippen molar-refractivity contribution >= 4 is 34.5 Å². The first-order valence-electron chi connectivity index (χ1n) is 6.27. The second-order valence-corrected chi connectivity index (χ2v) is 4.72. The van der Waals surface area contributed by atoms with Crippen LogP contribution < -0.4 is 11.3 Å². The molecule has 0 amide bonds. The van der Waals surface area contributed by atoms with Crippen LogP contribution in [-0.4, -0.2) is 15.8 Å². The van der Waals surface area contributed by atoms with E-state index in [9.17, 15) is 4.79 Å². The van der Waals surface area contributed by atoms with E-state index in [-0.39, 0.29) is 11.4 Å². The molecule has 1 heterocycles. The Morgan fingerprint density at radius 2 is 2.30 bits per heavy atom. The molecule has 0 fully saturated rings. The maximum Gasteiger partial charge on any atom is 0.268 e. The summed E-state index contributed by atoms with van der Waals surface area (Å²) in [6, 6.07) is 5.16. The Labute approximate surface area is 121 Å². The van der Waals surface area contributed by atoms with Crippen molar-refractivity contribution in [1.29, 1.82) is 5.41 Å². The molecule has 2 aromatic rings. The number of halogens is 1. The Morgan fingerprint density at radius 1 is 1.55 bits per heavy atom. The molecular weight excluding hydrogens is 276 g/mol. The third-order valence-corrected chi connectivity index (χ3v) is 3.22. The number of aryl methyl sites for hydroxylation is 1. The molecule has 0 atom stereocenters. The van der Waals surface area contributed by atoms with Gasteiger partial charge in [0.2, 0.25) is 0 Å². The first kappa shape index (κ1) is 14.3. The molecule has 5 nitrogen and oxygen atoms in total. The van der Waals surface area contributed by atoms with Gasteiger partial charge in [-0.05, 0) is 24.6 Å². The van der Waals surface area contributed by atoms with Gasteiger partial charge in [0.05, 0.1) is 15.9 Å². The minimum absolute atomic E-state index is 0.169. The van der Waals surface area contributed by atoms with E-state index in [0.717, 1.165) is 12.6 Å². The second kappa shape index (κ2) is 5.88. The Balaban J connectivity index is 2.89. The second-order valence-electron chi connectivity index (χ2n) is 4.31. The van der Waals surface area contributed by atoms with Crippen LogP contribution in [0.15, 0.2) is 29.1 Å². The number of rotatable bonds is 4. The molecule has 20 heavy (non-hydrogen) atoms. The van der Waals surface area contributed by atoms with Crippen LogP contribution in [0.1, 0.15) is 19.2 Å². The summed E-state index contributed by atoms with van der Waals surface area (Å²) < 4.78 is 1.32. The predicted molar refractivity (Wildman–Crippen MR) is 82.3 cm³/mol. The highest BCUT2D eigenvalue weighted by Gasteiger charge is 2.14. The molecule has 0 saturated heterocycles. The Bertz CT molecular complexity index is 749. The number of benzene rings is 1. The van der Waals surface area contributed by atoms with E-state index >= 15 is 0 Å². The van der Waals surface area contributed by atoms with Crippen molar-refractivity contribution in [2.75, 3.05) is 0 Å². The summed E-state index contributed by atoms with van der Waals surface area (Å²) in [5.41, 5.74) is 6.12. The first-order valence-corrected chi connectivity index (χ1v) is 6.64. The van der Waals surface area contributed by atoms with Crippen LogP contribution in [-0.2, 0) is 6.42 Å². The largest absolute Gasteiger partial charge is 0.385 e. The summed E-state index contributed by atoms with van der Waals surface area (Å²) in [6.07, 6.45) is 3.83. The standard InChI is InChI=1S/C14H15ClN4O/c1-2-4-12-18-10-6-3-5-9(15)13(10)14(20)19(12)11(17)7-8-16/h3,5-8,16H,2,4,17H2,1H3. The summed E-state index contributed by atoms with van der Waals surface area (Å²) >= 11 is 6.09. The minimum Gasteiger partial charge on any atom is -0.385 e. The van der Waals surface area contributed by atoms with Crippen molar-refractivity contribution in [3.8, 4) is 0 Å². The van der Waals surface area contributed by atoms with Gasteiger partial charge in [0.1, 0.15) is 11.6 Å². The summed E-state index contributed by atoms with van der Waals surface area (Å²) in [4.78, 5) is 17.1. The smallest absolute Gasteiger partial charge is 0.268 e. The van der Waals surface area contributed by atoms with Gasteiger partial charge < -0.3 is 11.1 Å². The molecule has 1 aromatic carbocycles. The van der Waals surface area contributed by atoms with Crippen LogP contribution in [0.2, 0.25) is 5.02 Å². The van der Waals surface area contributed by atoms with E-state index in [0.29, 0.717) is 28.2 Å². The third-order valence-electron chi connectivity index (χ3n) is 2.90. The minimum atomic E-state index is -0.306. The van der Waals surface area contributed by atoms with Crippen LogP contribution in [0.5, 0.6) is 0 Å². The molecule has 0 spiro atoms. The third kappa shape index (κ3) is 2.44. The highest BCUT2D eigenvalue weighted by atomic mass is 35.5. The molecule has 104 valence electrons. The molecule has 0 bridgehead atoms. The number of nitrogens with two attached hydrogens (primary N) is 1. The molecule has 0 radical (unpaired) electrons. The lowest BCUT2D eigenvalue weighted by molar-refractivity contribution is 0.778. The summed E-state index contributed by atoms with van der Waals surface area (Å²) in [7, 11) is 0. The van der Waals surface area contributed by atoms with Crippen molar-refractivity contribution < 1.29 is 0 Å². The van der Waals surface area contributed by atoms with Crippen molar-refractivity contribution in [2.24, 2.45) is 5.73 Å². The molecule has 3 N–H and O–H groups in total. The van der Waals surface area contributed by atoms with Crippen LogP contribution >= 0.6 is 11.6 Å². The van der Waals surface area contributed by atoms with Gasteiger partial charge in [0.25, 0.3) is 5.56 Å². The molecule has 0 aliphatic carbocycles. The summed E-state index contributed by atoms with van der Waals surface area (Å²) in [6.45, 7) is 2.00. The topological polar surface area (TPSA) is 84.8 Å². The Morgan fingerprint density at radius 3 is 2.95 bits per heavy atom. The molecule has 0 aliphatic heterocycles. The van der Waals surface area contributed by atoms with Gasteiger partial charge in [0.15, 0.2) is 0 Å². The average Bonchev–Trinajstić information content (AvgIpc) is 2.39. The van der Waals surface area contributed by atoms with E-state index in [4.69, 9.17) is 22.7 Å². The van der Waals surface area contributed by atoms with Crippen molar-refractivity contribution in [2.45, 2.75) is 19.8 Å². The van der Waals surface area contributed by atoms with Crippen LogP contribution in [0, 0.1) is 5.41 Å². The highest BCUT2D eigenvalue weighted by Crippen LogP contribution is 2.19. The molecule has 1 aromatic heterocycles. The van der Waals surface area contributed by atoms with Gasteiger partial charge in [-0.15, -0.1) is 0 Å². The number of fused-ring (bicyclic) bond motifs is 1. The zero-order chi connectivity index (χ0) is 14.7. The predicted octanol–water partition coefficient (Wildman–Crippen LogP) is 2.41. The number of aromatic nitrogens is 2. The normalized spacial score (nSPS) is 11.8.